The molecule has 7 heavy (non-hydrogen) atoms. The second-order valence-electron chi connectivity index (χ2n) is 0.831. The van der Waals surface area contributed by atoms with Gasteiger partial charge in [0.1, 0.15) is 0 Å². The summed E-state index contributed by atoms with van der Waals surface area (Å²) < 4.78 is 0. The zero-order valence-electron chi connectivity index (χ0n) is 3.51. The minimum atomic E-state index is -1.41. The van der Waals surface area contributed by atoms with Gasteiger partial charge in [0.25, 0.3) is 0 Å². The van der Waals surface area contributed by atoms with Gasteiger partial charge in [-0.15, -0.1) is 0 Å². The van der Waals surface area contributed by atoms with E-state index >= 15 is 0 Å². The van der Waals surface area contributed by atoms with Crippen molar-refractivity contribution < 1.29 is 15.0 Å². The van der Waals surface area contributed by atoms with Crippen molar-refractivity contribution in [3.63, 3.8) is 0 Å². The highest BCUT2D eigenvalue weighted by molar-refractivity contribution is 5.83. The highest BCUT2D eigenvalue weighted by Gasteiger charge is 1.97. The van der Waals surface area contributed by atoms with Gasteiger partial charge in [-0.1, -0.05) is 12.3 Å². The molecule has 0 aromatic carbocycles. The number of carboxylic acid groups (broad SMARTS) is 1. The summed E-state index contributed by atoms with van der Waals surface area (Å²) in [5.74, 6) is -2.25. The molecule has 0 aromatic heterocycles. The van der Waals surface area contributed by atoms with Crippen molar-refractivity contribution >= 4 is 5.97 Å². The molecule has 0 aliphatic rings. The molecule has 38 valence electrons. The van der Waals surface area contributed by atoms with Gasteiger partial charge in [-0.25, -0.2) is 4.79 Å². The van der Waals surface area contributed by atoms with E-state index in [9.17, 15) is 4.79 Å². The summed E-state index contributed by atoms with van der Waals surface area (Å²) in [6.45, 7) is 2.89. The van der Waals surface area contributed by atoms with Gasteiger partial charge in [0.15, 0.2) is 0 Å². The maximum atomic E-state index is 9.54. The molecule has 0 saturated heterocycles. The van der Waals surface area contributed by atoms with E-state index in [2.05, 4.69) is 6.58 Å². The number of aliphatic carboxylic acids is 1. The van der Waals surface area contributed by atoms with Crippen LogP contribution in [-0.4, -0.2) is 16.2 Å². The molecule has 3 heteroatoms. The quantitative estimate of drug-likeness (QED) is 0.283. The van der Waals surface area contributed by atoms with Crippen LogP contribution < -0.4 is 0 Å². The van der Waals surface area contributed by atoms with Crippen molar-refractivity contribution in [3.8, 4) is 0 Å². The van der Waals surface area contributed by atoms with Crippen LogP contribution in [0.25, 0.3) is 0 Å². The molecule has 0 heterocycles. The number of rotatable bonds is 1. The summed E-state index contributed by atoms with van der Waals surface area (Å²) in [5.41, 5.74) is 1.79. The Bertz CT molecular complexity index is 130. The van der Waals surface area contributed by atoms with E-state index in [1.165, 1.54) is 0 Å². The first-order valence-electron chi connectivity index (χ1n) is 1.50. The van der Waals surface area contributed by atoms with Crippen LogP contribution in [0.1, 0.15) is 0 Å². The lowest BCUT2D eigenvalue weighted by Gasteiger charge is -1.79. The smallest absolute Gasteiger partial charge is 0.379 e. The first-order chi connectivity index (χ1) is 3.18. The number of hydrogen-bond donors (Lipinski definition) is 2. The van der Waals surface area contributed by atoms with E-state index in [0.717, 1.165) is 0 Å². The molecule has 3 nitrogen and oxygen atoms in total. The topological polar surface area (TPSA) is 57.5 Å². The van der Waals surface area contributed by atoms with Crippen LogP contribution >= 0.6 is 0 Å². The summed E-state index contributed by atoms with van der Waals surface area (Å²) in [4.78, 5) is 9.54. The van der Waals surface area contributed by atoms with Gasteiger partial charge in [0, 0.05) is 0 Å². The number of carboxylic acids is 1. The van der Waals surface area contributed by atoms with Gasteiger partial charge in [-0.3, -0.25) is 0 Å². The Morgan fingerprint density at radius 3 is 2.00 bits per heavy atom. The van der Waals surface area contributed by atoms with E-state index in [4.69, 9.17) is 10.2 Å². The monoisotopic (exact) mass is 100 g/mol. The third-order valence-electron chi connectivity index (χ3n) is 0.370. The molecule has 0 aromatic rings. The fourth-order valence-electron chi connectivity index (χ4n) is 0.0756. The molecule has 0 radical (unpaired) electrons. The minimum Gasteiger partial charge on any atom is -0.496 e. The lowest BCUT2D eigenvalue weighted by molar-refractivity contribution is -0.135. The lowest BCUT2D eigenvalue weighted by Crippen LogP contribution is -1.96. The maximum Gasteiger partial charge on any atom is 0.379 e. The molecule has 0 spiro atoms. The van der Waals surface area contributed by atoms with Crippen LogP contribution in [0.4, 0.5) is 0 Å². The number of hydrogen-bond acceptors (Lipinski definition) is 2. The SMILES string of the molecule is C=C=C(O)C(=O)O. The standard InChI is InChI=1S/C4H4O3/c1-2-3(5)4(6)7/h5H,1H2,(H,6,7). The van der Waals surface area contributed by atoms with E-state index in [1.807, 2.05) is 0 Å². The van der Waals surface area contributed by atoms with E-state index in [0.29, 0.717) is 0 Å². The van der Waals surface area contributed by atoms with E-state index in [1.54, 1.807) is 5.73 Å². The van der Waals surface area contributed by atoms with Crippen molar-refractivity contribution in [2.24, 2.45) is 0 Å². The predicted molar refractivity (Wildman–Crippen MR) is 22.9 cm³/mol. The molecule has 0 unspecified atom stereocenters. The second kappa shape index (κ2) is 2.05. The van der Waals surface area contributed by atoms with Crippen LogP contribution in [0.3, 0.4) is 0 Å². The molecule has 0 aliphatic carbocycles. The van der Waals surface area contributed by atoms with Crippen molar-refractivity contribution in [1.82, 2.24) is 0 Å². The Kier molecular flexibility index (Phi) is 1.70. The normalized spacial score (nSPS) is 6.86. The van der Waals surface area contributed by atoms with Gasteiger partial charge < -0.3 is 10.2 Å². The minimum absolute atomic E-state index is 0.847. The first-order valence-corrected chi connectivity index (χ1v) is 1.50. The first kappa shape index (κ1) is 5.79. The zero-order chi connectivity index (χ0) is 5.86. The van der Waals surface area contributed by atoms with Crippen LogP contribution in [-0.2, 0) is 4.79 Å². The molecule has 0 bridgehead atoms. The highest BCUT2D eigenvalue weighted by Crippen LogP contribution is 1.78. The van der Waals surface area contributed by atoms with Gasteiger partial charge >= 0.3 is 5.97 Å². The number of aliphatic hydroxyl groups is 1. The zero-order valence-corrected chi connectivity index (χ0v) is 3.51. The Hall–Kier alpha value is -1.21. The second-order valence-corrected chi connectivity index (χ2v) is 0.831. The molecular formula is C4H4O3. The van der Waals surface area contributed by atoms with Gasteiger partial charge in [0.2, 0.25) is 5.76 Å². The molecule has 0 atom stereocenters. The van der Waals surface area contributed by atoms with E-state index in [-0.39, 0.29) is 0 Å². The largest absolute Gasteiger partial charge is 0.496 e. The van der Waals surface area contributed by atoms with Crippen molar-refractivity contribution in [3.05, 3.63) is 18.1 Å². The van der Waals surface area contributed by atoms with Gasteiger partial charge in [0.05, 0.1) is 0 Å². The maximum absolute atomic E-state index is 9.54. The molecule has 0 amide bonds. The van der Waals surface area contributed by atoms with Crippen molar-refractivity contribution in [2.75, 3.05) is 0 Å². The molecule has 0 rings (SSSR count). The Balaban J connectivity index is 4.10. The molecular weight excluding hydrogens is 96.0 g/mol. The molecule has 2 N–H and O–H groups in total. The van der Waals surface area contributed by atoms with Crippen molar-refractivity contribution in [2.45, 2.75) is 0 Å². The summed E-state index contributed by atoms with van der Waals surface area (Å²) in [7, 11) is 0. The van der Waals surface area contributed by atoms with E-state index < -0.39 is 11.7 Å². The molecule has 0 saturated carbocycles. The predicted octanol–water partition coefficient (Wildman–Crippen LogP) is 0.298. The van der Waals surface area contributed by atoms with Gasteiger partial charge in [-0.05, 0) is 0 Å². The highest BCUT2D eigenvalue weighted by atomic mass is 16.4. The Morgan fingerprint density at radius 2 is 2.00 bits per heavy atom. The molecule has 0 fully saturated rings. The van der Waals surface area contributed by atoms with Crippen LogP contribution in [0.2, 0.25) is 0 Å². The van der Waals surface area contributed by atoms with Crippen LogP contribution in [0, 0.1) is 0 Å². The molecule has 0 aliphatic heterocycles. The summed E-state index contributed by atoms with van der Waals surface area (Å²) in [5, 5.41) is 15.9. The Labute approximate surface area is 40.2 Å². The summed E-state index contributed by atoms with van der Waals surface area (Å²) in [6, 6.07) is 0. The van der Waals surface area contributed by atoms with Crippen LogP contribution in [0.15, 0.2) is 18.1 Å². The fraction of sp³-hybridized carbons (Fsp3) is 0. The summed E-state index contributed by atoms with van der Waals surface area (Å²) in [6.07, 6.45) is 0. The fourth-order valence-corrected chi connectivity index (χ4v) is 0.0756. The van der Waals surface area contributed by atoms with Crippen LogP contribution in [0.5, 0.6) is 0 Å². The number of aliphatic hydroxyl groups excluding tert-OH is 1. The number of carbonyl (C=O) groups is 1. The third-order valence-corrected chi connectivity index (χ3v) is 0.370. The third kappa shape index (κ3) is 1.63. The summed E-state index contributed by atoms with van der Waals surface area (Å²) >= 11 is 0. The van der Waals surface area contributed by atoms with Crippen molar-refractivity contribution in [1.29, 1.82) is 0 Å². The average Bonchev–Trinajstić information content (AvgIpc) is 1.65. The lowest BCUT2D eigenvalue weighted by atomic mass is 10.5. The van der Waals surface area contributed by atoms with Gasteiger partial charge in [-0.2, -0.15) is 0 Å². The Morgan fingerprint density at radius 1 is 1.57 bits per heavy atom. The average molecular weight is 100 g/mol.